The zero-order chi connectivity index (χ0) is 23.6. The van der Waals surface area contributed by atoms with E-state index in [1.54, 1.807) is 5.56 Å². The molecule has 4 nitrogen and oxygen atoms in total. The van der Waals surface area contributed by atoms with Gasteiger partial charge in [-0.15, -0.1) is 0 Å². The molecule has 4 atom stereocenters. The van der Waals surface area contributed by atoms with Gasteiger partial charge in [-0.3, -0.25) is 4.68 Å². The molecule has 1 heterocycles. The van der Waals surface area contributed by atoms with E-state index in [2.05, 4.69) is 71.3 Å². The van der Waals surface area contributed by atoms with Crippen LogP contribution in [0, 0.1) is 23.2 Å². The first-order valence-electron chi connectivity index (χ1n) is 12.8. The molecule has 176 valence electrons. The van der Waals surface area contributed by atoms with Gasteiger partial charge < -0.3 is 4.43 Å². The van der Waals surface area contributed by atoms with Crippen LogP contribution in [0.4, 0.5) is 0 Å². The van der Waals surface area contributed by atoms with Crippen molar-refractivity contribution in [2.45, 2.75) is 102 Å². The maximum Gasteiger partial charge on any atom is 0.250 e. The Morgan fingerprint density at radius 2 is 2.03 bits per heavy atom. The van der Waals surface area contributed by atoms with Gasteiger partial charge in [-0.25, -0.2) is 0 Å². The van der Waals surface area contributed by atoms with Crippen LogP contribution in [-0.2, 0) is 24.8 Å². The summed E-state index contributed by atoms with van der Waals surface area (Å²) in [5, 5.41) is 14.1. The third kappa shape index (κ3) is 3.66. The van der Waals surface area contributed by atoms with E-state index in [4.69, 9.17) is 14.8 Å². The molecule has 3 aliphatic rings. The summed E-state index contributed by atoms with van der Waals surface area (Å²) in [4.78, 5) is 0. The van der Waals surface area contributed by atoms with Crippen LogP contribution in [0.15, 0.2) is 24.4 Å². The van der Waals surface area contributed by atoms with E-state index in [1.807, 2.05) is 4.68 Å². The van der Waals surface area contributed by atoms with Crippen molar-refractivity contribution in [3.63, 3.8) is 0 Å². The lowest BCUT2D eigenvalue weighted by Crippen LogP contribution is -2.44. The van der Waals surface area contributed by atoms with E-state index in [1.165, 1.54) is 36.1 Å². The van der Waals surface area contributed by atoms with Gasteiger partial charge >= 0.3 is 0 Å². The molecule has 3 aliphatic carbocycles. The Bertz CT molecular complexity index is 1110. The minimum atomic E-state index is -1.82. The van der Waals surface area contributed by atoms with Crippen molar-refractivity contribution >= 4 is 8.32 Å². The third-order valence-electron chi connectivity index (χ3n) is 9.54. The second kappa shape index (κ2) is 7.73. The average Bonchev–Trinajstić information content (AvgIpc) is 3.27. The Labute approximate surface area is 200 Å². The highest BCUT2D eigenvalue weighted by molar-refractivity contribution is 6.74. The summed E-state index contributed by atoms with van der Waals surface area (Å²) in [7, 11) is -1.82. The quantitative estimate of drug-likeness (QED) is 0.473. The summed E-state index contributed by atoms with van der Waals surface area (Å²) in [6.45, 7) is 14.8. The van der Waals surface area contributed by atoms with Crippen molar-refractivity contribution in [1.82, 2.24) is 9.78 Å². The van der Waals surface area contributed by atoms with Gasteiger partial charge in [0.05, 0.1) is 24.7 Å². The van der Waals surface area contributed by atoms with Crippen molar-refractivity contribution < 1.29 is 4.43 Å². The molecule has 1 aromatic carbocycles. The first kappa shape index (κ1) is 22.7. The Balaban J connectivity index is 1.37. The van der Waals surface area contributed by atoms with Gasteiger partial charge in [-0.05, 0) is 96.8 Å². The molecule has 2 aromatic rings. The van der Waals surface area contributed by atoms with Gasteiger partial charge in [-0.1, -0.05) is 33.8 Å². The summed E-state index contributed by atoms with van der Waals surface area (Å²) in [5.41, 5.74) is 6.06. The molecular formula is C28H39N3OSi. The van der Waals surface area contributed by atoms with Crippen LogP contribution in [0.25, 0.3) is 0 Å². The molecule has 33 heavy (non-hydrogen) atoms. The third-order valence-corrected chi connectivity index (χ3v) is 13.9. The van der Waals surface area contributed by atoms with E-state index >= 15 is 0 Å². The molecule has 0 N–H and O–H groups in total. The summed E-state index contributed by atoms with van der Waals surface area (Å²) < 4.78 is 8.65. The van der Waals surface area contributed by atoms with Crippen LogP contribution in [0.5, 0.6) is 5.75 Å². The van der Waals surface area contributed by atoms with Crippen molar-refractivity contribution in [1.29, 1.82) is 5.26 Å². The fraction of sp³-hybridized carbons (Fsp3) is 0.643. The first-order chi connectivity index (χ1) is 15.5. The monoisotopic (exact) mass is 461 g/mol. The minimum Gasteiger partial charge on any atom is -0.543 e. The van der Waals surface area contributed by atoms with E-state index in [0.29, 0.717) is 24.8 Å². The fourth-order valence-electron chi connectivity index (χ4n) is 6.67. The Hall–Kier alpha value is -2.06. The maximum atomic E-state index is 8.93. The highest BCUT2D eigenvalue weighted by atomic mass is 28.4. The number of nitrogens with zero attached hydrogens (tertiary/aromatic N) is 3. The lowest BCUT2D eigenvalue weighted by atomic mass is 9.55. The van der Waals surface area contributed by atoms with Crippen LogP contribution >= 0.6 is 0 Å². The lowest BCUT2D eigenvalue weighted by molar-refractivity contribution is 0.102. The molecule has 0 bridgehead atoms. The molecule has 1 fully saturated rings. The average molecular weight is 462 g/mol. The standard InChI is InChI=1S/C28H39N3OSi/c1-27(2,3)33(5,6)32-21-9-11-22-19(16-21)8-10-24-23(22)12-13-28(4)25(24)17-20-18-31(15-7-14-29)30-26(20)28/h9,11,16,18,23-25H,7-8,10,12-13,15,17H2,1-6H3/t23?,24?,25?,28-/m0/s1. The largest absolute Gasteiger partial charge is 0.543 e. The van der Waals surface area contributed by atoms with Crippen molar-refractivity contribution in [2.24, 2.45) is 11.8 Å². The molecule has 1 saturated carbocycles. The van der Waals surface area contributed by atoms with Gasteiger partial charge in [0.2, 0.25) is 8.32 Å². The normalized spacial score (nSPS) is 28.3. The van der Waals surface area contributed by atoms with E-state index < -0.39 is 8.32 Å². The van der Waals surface area contributed by atoms with Crippen LogP contribution in [0.3, 0.4) is 0 Å². The lowest BCUT2D eigenvalue weighted by Gasteiger charge is -2.49. The van der Waals surface area contributed by atoms with E-state index in [-0.39, 0.29) is 10.5 Å². The molecule has 5 heteroatoms. The Morgan fingerprint density at radius 1 is 1.24 bits per heavy atom. The zero-order valence-electron chi connectivity index (χ0n) is 21.2. The van der Waals surface area contributed by atoms with E-state index in [9.17, 15) is 0 Å². The van der Waals surface area contributed by atoms with Crippen LogP contribution in [-0.4, -0.2) is 18.1 Å². The summed E-state index contributed by atoms with van der Waals surface area (Å²) in [6, 6.07) is 9.26. The summed E-state index contributed by atoms with van der Waals surface area (Å²) in [5.74, 6) is 3.18. The number of nitriles is 1. The molecule has 0 amide bonds. The number of benzene rings is 1. The van der Waals surface area contributed by atoms with Crippen LogP contribution in [0.1, 0.15) is 81.7 Å². The van der Waals surface area contributed by atoms with Gasteiger partial charge in [0.25, 0.3) is 0 Å². The van der Waals surface area contributed by atoms with Crippen molar-refractivity contribution in [2.75, 3.05) is 0 Å². The van der Waals surface area contributed by atoms with Gasteiger partial charge in [0.15, 0.2) is 0 Å². The van der Waals surface area contributed by atoms with Crippen LogP contribution < -0.4 is 4.43 Å². The SMILES string of the molecule is CC(C)(C)[Si](C)(C)Oc1ccc2c(c1)CCC1C2CC[C@]2(C)c3nn(CCC#N)cc3CC12. The van der Waals surface area contributed by atoms with Crippen LogP contribution in [0.2, 0.25) is 18.1 Å². The summed E-state index contributed by atoms with van der Waals surface area (Å²) >= 11 is 0. The number of aromatic nitrogens is 2. The molecular weight excluding hydrogens is 422 g/mol. The zero-order valence-corrected chi connectivity index (χ0v) is 22.2. The molecule has 0 radical (unpaired) electrons. The predicted octanol–water partition coefficient (Wildman–Crippen LogP) is 6.75. The van der Waals surface area contributed by atoms with Gasteiger partial charge in [0.1, 0.15) is 5.75 Å². The van der Waals surface area contributed by atoms with Crippen molar-refractivity contribution in [3.05, 3.63) is 46.8 Å². The van der Waals surface area contributed by atoms with Crippen molar-refractivity contribution in [3.8, 4) is 11.8 Å². The second-order valence-corrected chi connectivity index (χ2v) is 17.2. The molecule has 0 aliphatic heterocycles. The topological polar surface area (TPSA) is 50.8 Å². The molecule has 3 unspecified atom stereocenters. The number of hydrogen-bond donors (Lipinski definition) is 0. The molecule has 1 aromatic heterocycles. The number of hydrogen-bond acceptors (Lipinski definition) is 3. The molecule has 0 spiro atoms. The smallest absolute Gasteiger partial charge is 0.250 e. The minimum absolute atomic E-state index is 0.192. The molecule has 0 saturated heterocycles. The number of fused-ring (bicyclic) bond motifs is 7. The van der Waals surface area contributed by atoms with Gasteiger partial charge in [0, 0.05) is 11.6 Å². The number of aryl methyl sites for hydroxylation is 2. The molecule has 5 rings (SSSR count). The second-order valence-electron chi connectivity index (χ2n) is 12.5. The Morgan fingerprint density at radius 3 is 2.76 bits per heavy atom. The highest BCUT2D eigenvalue weighted by Gasteiger charge is 2.54. The first-order valence-corrected chi connectivity index (χ1v) is 15.7. The predicted molar refractivity (Wildman–Crippen MR) is 135 cm³/mol. The summed E-state index contributed by atoms with van der Waals surface area (Å²) in [6.07, 6.45) is 8.81. The highest BCUT2D eigenvalue weighted by Crippen LogP contribution is 2.59. The Kier molecular flexibility index (Phi) is 5.32. The van der Waals surface area contributed by atoms with Gasteiger partial charge in [-0.2, -0.15) is 10.4 Å². The van der Waals surface area contributed by atoms with E-state index in [0.717, 1.165) is 24.5 Å². The number of rotatable bonds is 4. The fourth-order valence-corrected chi connectivity index (χ4v) is 7.69. The maximum absolute atomic E-state index is 8.93.